The van der Waals surface area contributed by atoms with Gasteiger partial charge < -0.3 is 22.4 Å². The van der Waals surface area contributed by atoms with Crippen LogP contribution in [0.4, 0.5) is 0 Å². The lowest BCUT2D eigenvalue weighted by atomic mass is 9.97. The third-order valence-electron chi connectivity index (χ3n) is 20.7. The molecule has 7 heterocycles. The van der Waals surface area contributed by atoms with Crippen molar-refractivity contribution >= 4 is 153 Å². The van der Waals surface area contributed by atoms with E-state index in [-0.39, 0.29) is 0 Å². The van der Waals surface area contributed by atoms with Crippen LogP contribution in [0, 0.1) is 0 Å². The number of rotatable bonds is 7. The van der Waals surface area contributed by atoms with Crippen molar-refractivity contribution in [2.24, 2.45) is 0 Å². The Kier molecular flexibility index (Phi) is 10.9. The second kappa shape index (κ2) is 20.1. The quantitative estimate of drug-likeness (QED) is 0.159. The summed E-state index contributed by atoms with van der Waals surface area (Å²) in [5.41, 5.74) is 23.1. The summed E-state index contributed by atoms with van der Waals surface area (Å²) in [4.78, 5) is 11.7. The standard InChI is InChI=1S/C90H51N5O3/c1-2-16-60-59(15-1)70(39-41-79(60)94-77-24-10-4-18-62(77)65-37-30-56(49-81(65)94)53-33-43-87-72(46-53)68-21-7-13-27-84(68)97-87)89-74-51-58(93-76-23-9-3-17-61(76)64-36-29-55(48-80(64)93)52-32-42-86-71(45-52)67-20-6-12-26-83(67)96-86)35-40-75(74)91-90(92-89)95-78-25-11-5-19-63(78)66-38-31-57(50-82(66)95)54-34-44-88-73(47-54)69-22-8-14-28-85(69)98-88/h1-51H. The number of para-hydroxylation sites is 6. The van der Waals surface area contributed by atoms with Crippen LogP contribution in [-0.4, -0.2) is 23.7 Å². The van der Waals surface area contributed by atoms with Gasteiger partial charge in [-0.05, 0) is 154 Å². The fourth-order valence-electron chi connectivity index (χ4n) is 16.2. The lowest BCUT2D eigenvalue weighted by molar-refractivity contribution is 0.668. The third kappa shape index (κ3) is 7.70. The first-order valence-corrected chi connectivity index (χ1v) is 33.3. The monoisotopic (exact) mass is 1250 g/mol. The maximum absolute atomic E-state index is 6.32. The Labute approximate surface area is 557 Å². The summed E-state index contributed by atoms with van der Waals surface area (Å²) in [5, 5.41) is 16.6. The van der Waals surface area contributed by atoms with E-state index in [0.29, 0.717) is 5.95 Å². The second-order valence-corrected chi connectivity index (χ2v) is 25.9. The van der Waals surface area contributed by atoms with E-state index in [9.17, 15) is 0 Å². The number of nitrogens with zero attached hydrogens (tertiary/aromatic N) is 5. The first-order valence-electron chi connectivity index (χ1n) is 33.3. The zero-order valence-electron chi connectivity index (χ0n) is 52.4. The minimum Gasteiger partial charge on any atom is -0.456 e. The molecule has 0 N–H and O–H groups in total. The van der Waals surface area contributed by atoms with E-state index in [1.165, 1.54) is 21.5 Å². The molecular weight excluding hydrogens is 1200 g/mol. The molecule has 0 unspecified atom stereocenters. The maximum atomic E-state index is 6.32. The van der Waals surface area contributed by atoms with Crippen molar-refractivity contribution in [1.82, 2.24) is 23.7 Å². The molecule has 0 spiro atoms. The summed E-state index contributed by atoms with van der Waals surface area (Å²) < 4.78 is 26.1. The molecule has 8 heteroatoms. The third-order valence-corrected chi connectivity index (χ3v) is 20.7. The largest absolute Gasteiger partial charge is 0.456 e. The number of hydrogen-bond acceptors (Lipinski definition) is 5. The predicted octanol–water partition coefficient (Wildman–Crippen LogP) is 24.4. The van der Waals surface area contributed by atoms with Crippen LogP contribution in [0.15, 0.2) is 323 Å². The van der Waals surface area contributed by atoms with Crippen molar-refractivity contribution < 1.29 is 13.3 Å². The highest BCUT2D eigenvalue weighted by Crippen LogP contribution is 2.45. The Hall–Kier alpha value is -13.3. The molecule has 22 aromatic rings. The van der Waals surface area contributed by atoms with Crippen molar-refractivity contribution in [3.05, 3.63) is 309 Å². The van der Waals surface area contributed by atoms with Gasteiger partial charge in [-0.3, -0.25) is 4.57 Å². The van der Waals surface area contributed by atoms with Crippen LogP contribution in [0.1, 0.15) is 0 Å². The van der Waals surface area contributed by atoms with Crippen LogP contribution < -0.4 is 0 Å². The van der Waals surface area contributed by atoms with Crippen LogP contribution in [0.25, 0.3) is 215 Å². The zero-order chi connectivity index (χ0) is 63.8. The fraction of sp³-hybridized carbons (Fsp3) is 0. The number of benzene rings is 15. The number of fused-ring (bicyclic) bond motifs is 20. The molecule has 0 fully saturated rings. The SMILES string of the molecule is c1ccc2c(c1)oc1ccc(-c3ccc4c5ccccc5n(-c5ccc6nc(-n7c8ccccc8c8ccc(-c9ccc%10oc%11ccccc%11c%10c9)cc87)nc(-c7ccc(-n8c9ccccc9c9ccc(-c%10ccc%11oc%12ccccc%12c%11c%10)cc98)c8ccccc78)c6c5)c4c3)cc12. The minimum absolute atomic E-state index is 0.577. The first-order chi connectivity index (χ1) is 48.5. The molecule has 454 valence electrons. The lowest BCUT2D eigenvalue weighted by Gasteiger charge is -2.17. The summed E-state index contributed by atoms with van der Waals surface area (Å²) in [5.74, 6) is 0.577. The van der Waals surface area contributed by atoms with Gasteiger partial charge in [0.2, 0.25) is 5.95 Å². The van der Waals surface area contributed by atoms with Gasteiger partial charge in [0.1, 0.15) is 33.5 Å². The van der Waals surface area contributed by atoms with Crippen LogP contribution >= 0.6 is 0 Å². The van der Waals surface area contributed by atoms with E-state index in [4.69, 9.17) is 23.2 Å². The van der Waals surface area contributed by atoms with E-state index in [1.807, 2.05) is 36.4 Å². The summed E-state index contributed by atoms with van der Waals surface area (Å²) in [6.45, 7) is 0. The highest BCUT2D eigenvalue weighted by Gasteiger charge is 2.24. The molecule has 7 aromatic heterocycles. The smallest absolute Gasteiger partial charge is 0.235 e. The van der Waals surface area contributed by atoms with E-state index in [0.717, 1.165) is 187 Å². The molecule has 0 amide bonds. The summed E-state index contributed by atoms with van der Waals surface area (Å²) in [6.07, 6.45) is 0. The molecule has 8 nitrogen and oxygen atoms in total. The van der Waals surface area contributed by atoms with Crippen molar-refractivity contribution in [3.63, 3.8) is 0 Å². The normalized spacial score (nSPS) is 12.3. The number of hydrogen-bond donors (Lipinski definition) is 0. The fourth-order valence-corrected chi connectivity index (χ4v) is 16.2. The number of aromatic nitrogens is 5. The predicted molar refractivity (Wildman–Crippen MR) is 404 cm³/mol. The first kappa shape index (κ1) is 53.1. The highest BCUT2D eigenvalue weighted by molar-refractivity contribution is 6.17. The van der Waals surface area contributed by atoms with Crippen LogP contribution in [-0.2, 0) is 0 Å². The molecular formula is C90H51N5O3. The molecule has 0 saturated carbocycles. The topological polar surface area (TPSA) is 80.0 Å². The van der Waals surface area contributed by atoms with Gasteiger partial charge >= 0.3 is 0 Å². The van der Waals surface area contributed by atoms with Crippen molar-refractivity contribution in [2.75, 3.05) is 0 Å². The van der Waals surface area contributed by atoms with Crippen molar-refractivity contribution in [2.45, 2.75) is 0 Å². The Balaban J connectivity index is 0.775. The Morgan fingerprint density at radius 2 is 0.582 bits per heavy atom. The molecule has 98 heavy (non-hydrogen) atoms. The van der Waals surface area contributed by atoms with E-state index in [2.05, 4.69) is 287 Å². The Morgan fingerprint density at radius 1 is 0.214 bits per heavy atom. The number of furan rings is 3. The summed E-state index contributed by atoms with van der Waals surface area (Å²) in [7, 11) is 0. The second-order valence-electron chi connectivity index (χ2n) is 25.9. The lowest BCUT2D eigenvalue weighted by Crippen LogP contribution is -2.05. The van der Waals surface area contributed by atoms with Gasteiger partial charge in [0.15, 0.2) is 0 Å². The Morgan fingerprint density at radius 3 is 1.08 bits per heavy atom. The average molecular weight is 1250 g/mol. The molecule has 15 aromatic carbocycles. The molecule has 0 aliphatic rings. The van der Waals surface area contributed by atoms with Gasteiger partial charge in [0, 0.05) is 86.7 Å². The average Bonchev–Trinajstić information content (AvgIpc) is 1.47. The van der Waals surface area contributed by atoms with E-state index >= 15 is 0 Å². The van der Waals surface area contributed by atoms with Gasteiger partial charge in [-0.2, -0.15) is 0 Å². The molecule has 0 aliphatic heterocycles. The molecule has 0 radical (unpaired) electrons. The molecule has 0 aliphatic carbocycles. The van der Waals surface area contributed by atoms with Gasteiger partial charge in [0.05, 0.1) is 50.0 Å². The molecule has 0 saturated heterocycles. The molecule has 0 bridgehead atoms. The van der Waals surface area contributed by atoms with Crippen LogP contribution in [0.5, 0.6) is 0 Å². The highest BCUT2D eigenvalue weighted by atomic mass is 16.3. The molecule has 22 rings (SSSR count). The van der Waals surface area contributed by atoms with Crippen LogP contribution in [0.2, 0.25) is 0 Å². The van der Waals surface area contributed by atoms with Gasteiger partial charge in [-0.15, -0.1) is 0 Å². The zero-order valence-corrected chi connectivity index (χ0v) is 52.4. The van der Waals surface area contributed by atoms with Crippen molar-refractivity contribution in [1.29, 1.82) is 0 Å². The van der Waals surface area contributed by atoms with Gasteiger partial charge in [0.25, 0.3) is 0 Å². The van der Waals surface area contributed by atoms with E-state index < -0.39 is 0 Å². The minimum atomic E-state index is 0.577. The van der Waals surface area contributed by atoms with E-state index in [1.54, 1.807) is 0 Å². The Bertz CT molecular complexity index is 7210. The molecule has 0 atom stereocenters. The van der Waals surface area contributed by atoms with Crippen LogP contribution in [0.3, 0.4) is 0 Å². The van der Waals surface area contributed by atoms with Crippen molar-refractivity contribution in [3.8, 4) is 62.0 Å². The summed E-state index contributed by atoms with van der Waals surface area (Å²) >= 11 is 0. The van der Waals surface area contributed by atoms with Gasteiger partial charge in [-0.1, -0.05) is 194 Å². The van der Waals surface area contributed by atoms with Gasteiger partial charge in [-0.25, -0.2) is 9.97 Å². The maximum Gasteiger partial charge on any atom is 0.235 e. The summed E-state index contributed by atoms with van der Waals surface area (Å²) in [6, 6.07) is 111.